The summed E-state index contributed by atoms with van der Waals surface area (Å²) in [5, 5.41) is 13.3. The summed E-state index contributed by atoms with van der Waals surface area (Å²) in [5.74, 6) is -0.845. The summed E-state index contributed by atoms with van der Waals surface area (Å²) in [6.07, 6.45) is 0. The monoisotopic (exact) mass is 259 g/mol. The Bertz CT molecular complexity index is 563. The Hall–Kier alpha value is -2.30. The number of aryl methyl sites for hydroxylation is 2. The van der Waals surface area contributed by atoms with Gasteiger partial charge in [0.15, 0.2) is 0 Å². The van der Waals surface area contributed by atoms with Crippen LogP contribution in [-0.4, -0.2) is 27.4 Å². The number of hydrogen-bond donors (Lipinski definition) is 1. The predicted molar refractivity (Wildman–Crippen MR) is 73.1 cm³/mol. The van der Waals surface area contributed by atoms with Gasteiger partial charge >= 0.3 is 5.97 Å². The minimum absolute atomic E-state index is 0.0335. The van der Waals surface area contributed by atoms with Crippen molar-refractivity contribution in [2.45, 2.75) is 13.5 Å². The van der Waals surface area contributed by atoms with Crippen molar-refractivity contribution in [1.29, 1.82) is 0 Å². The third-order valence-corrected chi connectivity index (χ3v) is 2.90. The van der Waals surface area contributed by atoms with Gasteiger partial charge in [0, 0.05) is 12.7 Å². The van der Waals surface area contributed by atoms with Crippen LogP contribution in [0.15, 0.2) is 36.4 Å². The average molecular weight is 259 g/mol. The molecule has 0 aliphatic rings. The molecule has 0 fully saturated rings. The van der Waals surface area contributed by atoms with Crippen molar-refractivity contribution in [2.24, 2.45) is 7.05 Å². The number of carboxylic acids is 1. The van der Waals surface area contributed by atoms with Gasteiger partial charge in [0.05, 0.1) is 17.9 Å². The van der Waals surface area contributed by atoms with Crippen LogP contribution < -0.4 is 4.90 Å². The molecule has 2 aromatic rings. The number of carbonyl (C=O) groups is 1. The minimum Gasteiger partial charge on any atom is -0.480 e. The lowest BCUT2D eigenvalue weighted by atomic mass is 10.2. The van der Waals surface area contributed by atoms with E-state index in [0.717, 1.165) is 17.1 Å². The molecule has 100 valence electrons. The molecule has 0 aliphatic heterocycles. The maximum absolute atomic E-state index is 11.0. The molecule has 0 amide bonds. The highest BCUT2D eigenvalue weighted by atomic mass is 16.4. The van der Waals surface area contributed by atoms with E-state index >= 15 is 0 Å². The van der Waals surface area contributed by atoms with Crippen LogP contribution in [0, 0.1) is 6.92 Å². The van der Waals surface area contributed by atoms with E-state index in [4.69, 9.17) is 5.11 Å². The topological polar surface area (TPSA) is 58.4 Å². The van der Waals surface area contributed by atoms with Gasteiger partial charge in [-0.25, -0.2) is 0 Å². The summed E-state index contributed by atoms with van der Waals surface area (Å²) in [7, 11) is 1.87. The summed E-state index contributed by atoms with van der Waals surface area (Å²) in [6, 6.07) is 11.5. The summed E-state index contributed by atoms with van der Waals surface area (Å²) in [4.78, 5) is 12.8. The first-order valence-corrected chi connectivity index (χ1v) is 6.07. The summed E-state index contributed by atoms with van der Waals surface area (Å²) in [6.45, 7) is 2.41. The van der Waals surface area contributed by atoms with Crippen LogP contribution in [0.4, 0.5) is 5.69 Å². The molecule has 1 aromatic carbocycles. The van der Waals surface area contributed by atoms with Gasteiger partial charge in [0.25, 0.3) is 0 Å². The third-order valence-electron chi connectivity index (χ3n) is 2.90. The number of nitrogens with zero attached hydrogens (tertiary/aromatic N) is 3. The molecule has 19 heavy (non-hydrogen) atoms. The normalized spacial score (nSPS) is 10.4. The molecule has 5 heteroatoms. The van der Waals surface area contributed by atoms with Gasteiger partial charge in [0.1, 0.15) is 6.54 Å². The first-order valence-electron chi connectivity index (χ1n) is 6.07. The number of para-hydroxylation sites is 1. The van der Waals surface area contributed by atoms with Crippen molar-refractivity contribution in [3.63, 3.8) is 0 Å². The van der Waals surface area contributed by atoms with Gasteiger partial charge in [-0.15, -0.1) is 0 Å². The Labute approximate surface area is 112 Å². The largest absolute Gasteiger partial charge is 0.480 e. The fraction of sp³-hybridized carbons (Fsp3) is 0.286. The second-order valence-corrected chi connectivity index (χ2v) is 4.49. The molecular formula is C14H17N3O2. The quantitative estimate of drug-likeness (QED) is 0.889. The van der Waals surface area contributed by atoms with E-state index in [-0.39, 0.29) is 6.54 Å². The molecular weight excluding hydrogens is 242 g/mol. The predicted octanol–water partition coefficient (Wildman–Crippen LogP) is 1.82. The maximum Gasteiger partial charge on any atom is 0.323 e. The Morgan fingerprint density at radius 3 is 2.58 bits per heavy atom. The first-order chi connectivity index (χ1) is 9.06. The highest BCUT2D eigenvalue weighted by molar-refractivity contribution is 5.73. The highest BCUT2D eigenvalue weighted by Gasteiger charge is 2.13. The number of rotatable bonds is 5. The molecule has 0 spiro atoms. The van der Waals surface area contributed by atoms with E-state index in [9.17, 15) is 4.79 Å². The van der Waals surface area contributed by atoms with Crippen LogP contribution in [0.3, 0.4) is 0 Å². The molecule has 0 aliphatic carbocycles. The van der Waals surface area contributed by atoms with Crippen molar-refractivity contribution in [1.82, 2.24) is 9.78 Å². The van der Waals surface area contributed by atoms with Crippen molar-refractivity contribution in [3.05, 3.63) is 47.8 Å². The van der Waals surface area contributed by atoms with Crippen LogP contribution in [-0.2, 0) is 18.4 Å². The Kier molecular flexibility index (Phi) is 3.85. The zero-order valence-corrected chi connectivity index (χ0v) is 11.1. The van der Waals surface area contributed by atoms with Gasteiger partial charge in [-0.1, -0.05) is 18.2 Å². The Balaban J connectivity index is 2.24. The summed E-state index contributed by atoms with van der Waals surface area (Å²) in [5.41, 5.74) is 2.81. The van der Waals surface area contributed by atoms with Crippen LogP contribution in [0.1, 0.15) is 11.4 Å². The van der Waals surface area contributed by atoms with E-state index in [2.05, 4.69) is 5.10 Å². The number of aliphatic carboxylic acids is 1. The lowest BCUT2D eigenvalue weighted by molar-refractivity contribution is -0.135. The number of benzene rings is 1. The van der Waals surface area contributed by atoms with Gasteiger partial charge in [-0.3, -0.25) is 9.48 Å². The van der Waals surface area contributed by atoms with Crippen LogP contribution in [0.2, 0.25) is 0 Å². The Morgan fingerprint density at radius 2 is 2.05 bits per heavy atom. The molecule has 2 rings (SSSR count). The summed E-state index contributed by atoms with van der Waals surface area (Å²) < 4.78 is 1.78. The molecule has 0 saturated heterocycles. The standard InChI is InChI=1S/C14H17N3O2/c1-11-8-13(16(2)15-11)9-17(10-14(18)19)12-6-4-3-5-7-12/h3-8H,9-10H2,1-2H3,(H,18,19). The number of carboxylic acid groups (broad SMARTS) is 1. The molecule has 0 saturated carbocycles. The highest BCUT2D eigenvalue weighted by Crippen LogP contribution is 2.16. The van der Waals surface area contributed by atoms with Crippen molar-refractivity contribution in [2.75, 3.05) is 11.4 Å². The lowest BCUT2D eigenvalue weighted by Crippen LogP contribution is -2.29. The molecule has 5 nitrogen and oxygen atoms in total. The first kappa shape index (κ1) is 13.1. The van der Waals surface area contributed by atoms with Gasteiger partial charge < -0.3 is 10.0 Å². The molecule has 0 radical (unpaired) electrons. The summed E-state index contributed by atoms with van der Waals surface area (Å²) >= 11 is 0. The van der Waals surface area contributed by atoms with E-state index < -0.39 is 5.97 Å². The number of aromatic nitrogens is 2. The third kappa shape index (κ3) is 3.34. The van der Waals surface area contributed by atoms with Crippen LogP contribution >= 0.6 is 0 Å². The zero-order chi connectivity index (χ0) is 13.8. The average Bonchev–Trinajstić information content (AvgIpc) is 2.67. The van der Waals surface area contributed by atoms with Gasteiger partial charge in [-0.2, -0.15) is 5.10 Å². The second kappa shape index (κ2) is 5.56. The molecule has 1 N–H and O–H groups in total. The minimum atomic E-state index is -0.845. The zero-order valence-electron chi connectivity index (χ0n) is 11.1. The van der Waals surface area contributed by atoms with E-state index in [1.165, 1.54) is 0 Å². The van der Waals surface area contributed by atoms with E-state index in [0.29, 0.717) is 6.54 Å². The number of hydrogen-bond acceptors (Lipinski definition) is 3. The fourth-order valence-corrected chi connectivity index (χ4v) is 2.05. The van der Waals surface area contributed by atoms with Gasteiger partial charge in [0.2, 0.25) is 0 Å². The molecule has 1 heterocycles. The lowest BCUT2D eigenvalue weighted by Gasteiger charge is -2.22. The smallest absolute Gasteiger partial charge is 0.323 e. The molecule has 1 aromatic heterocycles. The van der Waals surface area contributed by atoms with Crippen molar-refractivity contribution < 1.29 is 9.90 Å². The molecule has 0 bridgehead atoms. The second-order valence-electron chi connectivity index (χ2n) is 4.49. The van der Waals surface area contributed by atoms with E-state index in [1.54, 1.807) is 4.68 Å². The molecule has 0 atom stereocenters. The van der Waals surface area contributed by atoms with E-state index in [1.807, 2.05) is 55.3 Å². The molecule has 0 unspecified atom stereocenters. The fourth-order valence-electron chi connectivity index (χ4n) is 2.05. The SMILES string of the molecule is Cc1cc(CN(CC(=O)O)c2ccccc2)n(C)n1. The number of anilines is 1. The van der Waals surface area contributed by atoms with Crippen molar-refractivity contribution in [3.8, 4) is 0 Å². The van der Waals surface area contributed by atoms with Crippen LogP contribution in [0.25, 0.3) is 0 Å². The Morgan fingerprint density at radius 1 is 1.37 bits per heavy atom. The van der Waals surface area contributed by atoms with Crippen LogP contribution in [0.5, 0.6) is 0 Å². The maximum atomic E-state index is 11.0. The van der Waals surface area contributed by atoms with Crippen molar-refractivity contribution >= 4 is 11.7 Å². The van der Waals surface area contributed by atoms with Gasteiger partial charge in [-0.05, 0) is 25.1 Å².